The van der Waals surface area contributed by atoms with E-state index < -0.39 is 40.2 Å². The molecule has 0 aromatic heterocycles. The fourth-order valence-electron chi connectivity index (χ4n) is 4.97. The van der Waals surface area contributed by atoms with Crippen LogP contribution in [0.1, 0.15) is 31.9 Å². The molecular weight excluding hydrogens is 676 g/mol. The Bertz CT molecular complexity index is 1770. The van der Waals surface area contributed by atoms with Crippen LogP contribution in [0.3, 0.4) is 0 Å². The molecule has 4 rings (SSSR count). The van der Waals surface area contributed by atoms with E-state index in [1.165, 1.54) is 17.0 Å². The summed E-state index contributed by atoms with van der Waals surface area (Å²) < 4.78 is 48.5. The Labute approximate surface area is 291 Å². The average Bonchev–Trinajstić information content (AvgIpc) is 3.06. The van der Waals surface area contributed by atoms with Gasteiger partial charge in [-0.1, -0.05) is 73.4 Å². The average molecular weight is 715 g/mol. The molecule has 0 saturated carbocycles. The zero-order valence-corrected chi connectivity index (χ0v) is 29.2. The largest absolute Gasteiger partial charge is 0.494 e. The van der Waals surface area contributed by atoms with Gasteiger partial charge in [0.2, 0.25) is 11.8 Å². The van der Waals surface area contributed by atoms with E-state index in [4.69, 9.17) is 27.9 Å². The third kappa shape index (κ3) is 9.49. The molecule has 2 amide bonds. The van der Waals surface area contributed by atoms with Crippen LogP contribution >= 0.6 is 23.2 Å². The number of carbonyl (C=O) groups excluding carboxylic acids is 2. The van der Waals surface area contributed by atoms with Gasteiger partial charge in [-0.05, 0) is 79.1 Å². The molecular formula is C36H38Cl2FN3O5S. The van der Waals surface area contributed by atoms with Gasteiger partial charge in [0.05, 0.1) is 17.2 Å². The van der Waals surface area contributed by atoms with E-state index in [0.717, 1.165) is 34.1 Å². The maximum Gasteiger partial charge on any atom is 0.264 e. The molecule has 0 fully saturated rings. The molecule has 0 saturated heterocycles. The first-order chi connectivity index (χ1) is 22.9. The first-order valence-corrected chi connectivity index (χ1v) is 17.7. The van der Waals surface area contributed by atoms with Gasteiger partial charge in [-0.15, -0.1) is 0 Å². The van der Waals surface area contributed by atoms with Crippen molar-refractivity contribution in [2.45, 2.75) is 44.7 Å². The molecule has 4 aromatic carbocycles. The van der Waals surface area contributed by atoms with E-state index in [2.05, 4.69) is 5.32 Å². The first kappa shape index (κ1) is 36.7. The van der Waals surface area contributed by atoms with E-state index >= 15 is 0 Å². The second-order valence-corrected chi connectivity index (χ2v) is 14.1. The van der Waals surface area contributed by atoms with E-state index in [1.54, 1.807) is 30.3 Å². The lowest BCUT2D eigenvalue weighted by Gasteiger charge is -2.34. The highest BCUT2D eigenvalue weighted by Crippen LogP contribution is 2.30. The topological polar surface area (TPSA) is 96.0 Å². The Morgan fingerprint density at radius 2 is 1.50 bits per heavy atom. The molecule has 254 valence electrons. The van der Waals surface area contributed by atoms with Crippen molar-refractivity contribution in [3.8, 4) is 5.75 Å². The first-order valence-electron chi connectivity index (χ1n) is 15.5. The minimum Gasteiger partial charge on any atom is -0.494 e. The number of benzene rings is 4. The number of ether oxygens (including phenoxy) is 1. The van der Waals surface area contributed by atoms with E-state index in [9.17, 15) is 22.4 Å². The minimum atomic E-state index is -4.41. The molecule has 8 nitrogen and oxygen atoms in total. The highest BCUT2D eigenvalue weighted by molar-refractivity contribution is 7.92. The molecule has 0 radical (unpaired) electrons. The van der Waals surface area contributed by atoms with Gasteiger partial charge in [-0.25, -0.2) is 12.8 Å². The lowest BCUT2D eigenvalue weighted by Crippen LogP contribution is -2.53. The quantitative estimate of drug-likeness (QED) is 0.141. The smallest absolute Gasteiger partial charge is 0.264 e. The lowest BCUT2D eigenvalue weighted by molar-refractivity contribution is -0.140. The number of amides is 2. The monoisotopic (exact) mass is 713 g/mol. The number of carbonyl (C=O) groups is 2. The Kier molecular flexibility index (Phi) is 12.9. The molecule has 0 aliphatic heterocycles. The molecule has 12 heteroatoms. The molecule has 1 atom stereocenters. The minimum absolute atomic E-state index is 0.129. The van der Waals surface area contributed by atoms with Gasteiger partial charge in [-0.3, -0.25) is 13.9 Å². The fraction of sp³-hybridized carbons (Fsp3) is 0.278. The fourth-order valence-corrected chi connectivity index (χ4v) is 6.90. The predicted octanol–water partition coefficient (Wildman–Crippen LogP) is 7.14. The van der Waals surface area contributed by atoms with Crippen molar-refractivity contribution in [2.24, 2.45) is 5.92 Å². The third-order valence-corrected chi connectivity index (χ3v) is 9.96. The number of nitrogens with one attached hydrogen (secondary N) is 1. The molecule has 0 aliphatic rings. The second-order valence-electron chi connectivity index (χ2n) is 11.5. The summed E-state index contributed by atoms with van der Waals surface area (Å²) in [6.07, 6.45) is 0.131. The van der Waals surface area contributed by atoms with Gasteiger partial charge in [0.1, 0.15) is 24.2 Å². The highest BCUT2D eigenvalue weighted by atomic mass is 35.5. The van der Waals surface area contributed by atoms with Crippen LogP contribution in [0.25, 0.3) is 0 Å². The van der Waals surface area contributed by atoms with Crippen molar-refractivity contribution >= 4 is 50.7 Å². The van der Waals surface area contributed by atoms with Crippen LogP contribution in [-0.4, -0.2) is 50.9 Å². The molecule has 0 heterocycles. The van der Waals surface area contributed by atoms with Crippen LogP contribution in [0.5, 0.6) is 5.75 Å². The molecule has 48 heavy (non-hydrogen) atoms. The van der Waals surface area contributed by atoms with Crippen molar-refractivity contribution in [1.29, 1.82) is 0 Å². The second kappa shape index (κ2) is 16.8. The standard InChI is InChI=1S/C36H38Cl2FN3O5S/c1-4-47-29-17-15-28(16-18-29)42(48(45,46)30-19-13-27(39)14-20-30)24-35(43)41(23-31-32(37)11-8-12-33(31)38)34(36(44)40-22-25(2)3)21-26-9-6-5-7-10-26/h5-20,25,34H,4,21-24H2,1-3H3,(H,40,44). The van der Waals surface area contributed by atoms with Gasteiger partial charge >= 0.3 is 0 Å². The Balaban J connectivity index is 1.83. The Hall–Kier alpha value is -4.12. The number of anilines is 1. The molecule has 0 bridgehead atoms. The zero-order chi connectivity index (χ0) is 34.8. The summed E-state index contributed by atoms with van der Waals surface area (Å²) in [5.74, 6) is -1.09. The van der Waals surface area contributed by atoms with Gasteiger partial charge in [-0.2, -0.15) is 0 Å². The molecule has 1 unspecified atom stereocenters. The molecule has 4 aromatic rings. The summed E-state index contributed by atoms with van der Waals surface area (Å²) in [6.45, 7) is 5.60. The summed E-state index contributed by atoms with van der Waals surface area (Å²) in [6, 6.07) is 23.6. The molecule has 1 N–H and O–H groups in total. The van der Waals surface area contributed by atoms with Crippen molar-refractivity contribution in [3.63, 3.8) is 0 Å². The van der Waals surface area contributed by atoms with Crippen molar-refractivity contribution in [3.05, 3.63) is 124 Å². The van der Waals surface area contributed by atoms with Crippen LogP contribution in [0.15, 0.2) is 102 Å². The summed E-state index contributed by atoms with van der Waals surface area (Å²) in [5, 5.41) is 3.50. The number of sulfonamides is 1. The number of hydrogen-bond donors (Lipinski definition) is 1. The van der Waals surface area contributed by atoms with Gasteiger partial charge in [0.15, 0.2) is 0 Å². The van der Waals surface area contributed by atoms with Crippen molar-refractivity contribution in [1.82, 2.24) is 10.2 Å². The zero-order valence-electron chi connectivity index (χ0n) is 26.9. The SMILES string of the molecule is CCOc1ccc(N(CC(=O)N(Cc2c(Cl)cccc2Cl)C(Cc2ccccc2)C(=O)NCC(C)C)S(=O)(=O)c2ccc(F)cc2)cc1. The van der Waals surface area contributed by atoms with E-state index in [1.807, 2.05) is 51.1 Å². The summed E-state index contributed by atoms with van der Waals surface area (Å²) in [5.41, 5.74) is 1.35. The summed E-state index contributed by atoms with van der Waals surface area (Å²) in [7, 11) is -4.41. The number of hydrogen-bond acceptors (Lipinski definition) is 5. The Morgan fingerprint density at radius 1 is 0.875 bits per heavy atom. The third-order valence-electron chi connectivity index (χ3n) is 7.46. The van der Waals surface area contributed by atoms with Gasteiger partial charge in [0.25, 0.3) is 10.0 Å². The van der Waals surface area contributed by atoms with E-state index in [0.29, 0.717) is 24.5 Å². The van der Waals surface area contributed by atoms with Crippen LogP contribution in [-0.2, 0) is 32.6 Å². The Morgan fingerprint density at radius 3 is 2.08 bits per heavy atom. The van der Waals surface area contributed by atoms with Crippen LogP contribution < -0.4 is 14.4 Å². The van der Waals surface area contributed by atoms with Crippen molar-refractivity contribution in [2.75, 3.05) is 24.0 Å². The predicted molar refractivity (Wildman–Crippen MR) is 187 cm³/mol. The summed E-state index contributed by atoms with van der Waals surface area (Å²) in [4.78, 5) is 29.6. The maximum atomic E-state index is 14.6. The molecule has 0 spiro atoms. The normalized spacial score (nSPS) is 12.0. The van der Waals surface area contributed by atoms with Gasteiger partial charge in [0, 0.05) is 35.1 Å². The maximum absolute atomic E-state index is 14.6. The van der Waals surface area contributed by atoms with Crippen molar-refractivity contribution < 1.29 is 27.1 Å². The van der Waals surface area contributed by atoms with Crippen LogP contribution in [0, 0.1) is 11.7 Å². The van der Waals surface area contributed by atoms with Gasteiger partial charge < -0.3 is 15.0 Å². The summed E-state index contributed by atoms with van der Waals surface area (Å²) >= 11 is 13.1. The number of halogens is 3. The van der Waals surface area contributed by atoms with Crippen LogP contribution in [0.2, 0.25) is 10.0 Å². The van der Waals surface area contributed by atoms with E-state index in [-0.39, 0.29) is 39.5 Å². The number of rotatable bonds is 15. The number of nitrogens with zero attached hydrogens (tertiary/aromatic N) is 2. The highest BCUT2D eigenvalue weighted by Gasteiger charge is 2.35. The lowest BCUT2D eigenvalue weighted by atomic mass is 10.0. The molecule has 0 aliphatic carbocycles. The van der Waals surface area contributed by atoms with Crippen LogP contribution in [0.4, 0.5) is 10.1 Å².